The van der Waals surface area contributed by atoms with E-state index in [0.717, 1.165) is 18.0 Å². The van der Waals surface area contributed by atoms with Crippen LogP contribution in [0.5, 0.6) is 0 Å². The Labute approximate surface area is 133 Å². The average Bonchev–Trinajstić information content (AvgIpc) is 2.56. The van der Waals surface area contributed by atoms with Gasteiger partial charge in [-0.2, -0.15) is 5.26 Å². The standard InChI is InChI=1S/C17H15N3OS/c18-11-13-5-7-14(8-6-13)19-17(21)12-20-9-10-22-16-4-2-1-3-15(16)20/h1-8H,9-10,12H2,(H,19,21). The average molecular weight is 309 g/mol. The predicted octanol–water partition coefficient (Wildman–Crippen LogP) is 3.11. The first-order valence-corrected chi connectivity index (χ1v) is 8.01. The molecule has 1 aliphatic rings. The Morgan fingerprint density at radius 2 is 2.00 bits per heavy atom. The lowest BCUT2D eigenvalue weighted by atomic mass is 10.2. The number of amides is 1. The van der Waals surface area contributed by atoms with E-state index in [4.69, 9.17) is 5.26 Å². The van der Waals surface area contributed by atoms with Crippen molar-refractivity contribution in [1.82, 2.24) is 0 Å². The van der Waals surface area contributed by atoms with Gasteiger partial charge in [-0.25, -0.2) is 0 Å². The highest BCUT2D eigenvalue weighted by Crippen LogP contribution is 2.33. The number of carbonyl (C=O) groups is 1. The van der Waals surface area contributed by atoms with E-state index in [1.54, 1.807) is 24.3 Å². The molecule has 0 fully saturated rings. The van der Waals surface area contributed by atoms with Crippen LogP contribution in [0.25, 0.3) is 0 Å². The predicted molar refractivity (Wildman–Crippen MR) is 89.2 cm³/mol. The molecule has 0 aromatic heterocycles. The van der Waals surface area contributed by atoms with Gasteiger partial charge in [-0.05, 0) is 36.4 Å². The van der Waals surface area contributed by atoms with Crippen LogP contribution in [0, 0.1) is 11.3 Å². The fraction of sp³-hybridized carbons (Fsp3) is 0.176. The van der Waals surface area contributed by atoms with Crippen molar-refractivity contribution in [3.05, 3.63) is 54.1 Å². The van der Waals surface area contributed by atoms with Gasteiger partial charge in [0, 0.05) is 22.9 Å². The van der Waals surface area contributed by atoms with Gasteiger partial charge >= 0.3 is 0 Å². The van der Waals surface area contributed by atoms with Crippen LogP contribution < -0.4 is 10.2 Å². The van der Waals surface area contributed by atoms with Gasteiger partial charge in [0.25, 0.3) is 0 Å². The summed E-state index contributed by atoms with van der Waals surface area (Å²) in [5.41, 5.74) is 2.41. The number of thioether (sulfide) groups is 1. The topological polar surface area (TPSA) is 56.1 Å². The normalized spacial score (nSPS) is 13.1. The van der Waals surface area contributed by atoms with Crippen LogP contribution in [0.1, 0.15) is 5.56 Å². The Hall–Kier alpha value is -2.45. The van der Waals surface area contributed by atoms with Crippen molar-refractivity contribution < 1.29 is 4.79 Å². The second-order valence-electron chi connectivity index (χ2n) is 4.98. The Balaban J connectivity index is 1.66. The Kier molecular flexibility index (Phi) is 4.31. The molecule has 4 nitrogen and oxygen atoms in total. The second-order valence-corrected chi connectivity index (χ2v) is 6.11. The van der Waals surface area contributed by atoms with Gasteiger partial charge in [-0.15, -0.1) is 11.8 Å². The van der Waals surface area contributed by atoms with E-state index >= 15 is 0 Å². The molecule has 3 rings (SSSR count). The summed E-state index contributed by atoms with van der Waals surface area (Å²) in [6.07, 6.45) is 0. The van der Waals surface area contributed by atoms with Crippen molar-refractivity contribution in [2.45, 2.75) is 4.90 Å². The van der Waals surface area contributed by atoms with E-state index in [1.807, 2.05) is 23.9 Å². The first-order valence-electron chi connectivity index (χ1n) is 7.03. The van der Waals surface area contributed by atoms with E-state index < -0.39 is 0 Å². The van der Waals surface area contributed by atoms with Crippen LogP contribution >= 0.6 is 11.8 Å². The van der Waals surface area contributed by atoms with Gasteiger partial charge in [0.05, 0.1) is 23.9 Å². The van der Waals surface area contributed by atoms with Crippen molar-refractivity contribution in [3.8, 4) is 6.07 Å². The maximum Gasteiger partial charge on any atom is 0.243 e. The largest absolute Gasteiger partial charge is 0.360 e. The molecule has 2 aromatic rings. The van der Waals surface area contributed by atoms with Gasteiger partial charge < -0.3 is 10.2 Å². The highest BCUT2D eigenvalue weighted by atomic mass is 32.2. The van der Waals surface area contributed by atoms with Gasteiger partial charge in [0.1, 0.15) is 0 Å². The van der Waals surface area contributed by atoms with Gasteiger partial charge in [0.15, 0.2) is 0 Å². The second kappa shape index (κ2) is 6.54. The van der Waals surface area contributed by atoms with Crippen LogP contribution in [0.4, 0.5) is 11.4 Å². The summed E-state index contributed by atoms with van der Waals surface area (Å²) in [6, 6.07) is 17.1. The molecule has 0 aliphatic carbocycles. The molecule has 0 radical (unpaired) electrons. The van der Waals surface area contributed by atoms with Crippen molar-refractivity contribution >= 4 is 29.0 Å². The number of para-hydroxylation sites is 1. The minimum Gasteiger partial charge on any atom is -0.360 e. The number of benzene rings is 2. The number of hydrogen-bond donors (Lipinski definition) is 1. The number of nitrogens with one attached hydrogen (secondary N) is 1. The van der Waals surface area contributed by atoms with Crippen molar-refractivity contribution in [1.29, 1.82) is 5.26 Å². The van der Waals surface area contributed by atoms with E-state index in [1.165, 1.54) is 4.90 Å². The molecule has 2 aromatic carbocycles. The third kappa shape index (κ3) is 3.23. The quantitative estimate of drug-likeness (QED) is 0.946. The SMILES string of the molecule is N#Cc1ccc(NC(=O)CN2CCSc3ccccc32)cc1. The van der Waals surface area contributed by atoms with Gasteiger partial charge in [0.2, 0.25) is 5.91 Å². The van der Waals surface area contributed by atoms with Crippen LogP contribution in [0.2, 0.25) is 0 Å². The summed E-state index contributed by atoms with van der Waals surface area (Å²) in [5.74, 6) is 0.938. The highest BCUT2D eigenvalue weighted by molar-refractivity contribution is 7.99. The number of fused-ring (bicyclic) bond motifs is 1. The lowest BCUT2D eigenvalue weighted by molar-refractivity contribution is -0.115. The van der Waals surface area contributed by atoms with Crippen LogP contribution in [-0.4, -0.2) is 24.7 Å². The molecular formula is C17H15N3OS. The lowest BCUT2D eigenvalue weighted by Crippen LogP contribution is -2.36. The van der Waals surface area contributed by atoms with Crippen LogP contribution in [0.15, 0.2) is 53.4 Å². The molecule has 1 N–H and O–H groups in total. The minimum atomic E-state index is -0.0496. The number of anilines is 2. The molecule has 0 atom stereocenters. The molecule has 0 saturated carbocycles. The highest BCUT2D eigenvalue weighted by Gasteiger charge is 2.19. The zero-order valence-corrected chi connectivity index (χ0v) is 12.8. The van der Waals surface area contributed by atoms with Gasteiger partial charge in [-0.1, -0.05) is 12.1 Å². The first-order chi connectivity index (χ1) is 10.8. The van der Waals surface area contributed by atoms with Crippen molar-refractivity contribution in [2.75, 3.05) is 29.1 Å². The smallest absolute Gasteiger partial charge is 0.243 e. The summed E-state index contributed by atoms with van der Waals surface area (Å²) in [5, 5.41) is 11.6. The fourth-order valence-corrected chi connectivity index (χ4v) is 3.44. The maximum atomic E-state index is 12.2. The first kappa shape index (κ1) is 14.5. The third-order valence-electron chi connectivity index (χ3n) is 3.46. The molecule has 0 bridgehead atoms. The Morgan fingerprint density at radius 1 is 1.23 bits per heavy atom. The number of rotatable bonds is 3. The van der Waals surface area contributed by atoms with E-state index in [2.05, 4.69) is 28.4 Å². The summed E-state index contributed by atoms with van der Waals surface area (Å²) in [6.45, 7) is 1.19. The van der Waals surface area contributed by atoms with E-state index in [-0.39, 0.29) is 5.91 Å². The van der Waals surface area contributed by atoms with Crippen LogP contribution in [-0.2, 0) is 4.79 Å². The molecular weight excluding hydrogens is 294 g/mol. The van der Waals surface area contributed by atoms with Gasteiger partial charge in [-0.3, -0.25) is 4.79 Å². The van der Waals surface area contributed by atoms with E-state index in [9.17, 15) is 4.79 Å². The molecule has 22 heavy (non-hydrogen) atoms. The zero-order valence-electron chi connectivity index (χ0n) is 12.0. The summed E-state index contributed by atoms with van der Waals surface area (Å²) >= 11 is 1.82. The fourth-order valence-electron chi connectivity index (χ4n) is 2.39. The minimum absolute atomic E-state index is 0.0496. The number of nitrogens with zero attached hydrogens (tertiary/aromatic N) is 2. The van der Waals surface area contributed by atoms with Crippen molar-refractivity contribution in [2.24, 2.45) is 0 Å². The summed E-state index contributed by atoms with van der Waals surface area (Å²) in [4.78, 5) is 15.5. The third-order valence-corrected chi connectivity index (χ3v) is 4.50. The Bertz CT molecular complexity index is 721. The Morgan fingerprint density at radius 3 is 2.77 bits per heavy atom. The summed E-state index contributed by atoms with van der Waals surface area (Å²) < 4.78 is 0. The number of hydrogen-bond acceptors (Lipinski definition) is 4. The zero-order chi connectivity index (χ0) is 15.4. The monoisotopic (exact) mass is 309 g/mol. The molecule has 0 saturated heterocycles. The molecule has 0 spiro atoms. The molecule has 1 aliphatic heterocycles. The molecule has 1 heterocycles. The lowest BCUT2D eigenvalue weighted by Gasteiger charge is -2.30. The summed E-state index contributed by atoms with van der Waals surface area (Å²) in [7, 11) is 0. The number of carbonyl (C=O) groups excluding carboxylic acids is 1. The molecule has 1 amide bonds. The molecule has 110 valence electrons. The molecule has 5 heteroatoms. The van der Waals surface area contributed by atoms with Crippen molar-refractivity contribution in [3.63, 3.8) is 0 Å². The van der Waals surface area contributed by atoms with Crippen LogP contribution in [0.3, 0.4) is 0 Å². The molecule has 0 unspecified atom stereocenters. The maximum absolute atomic E-state index is 12.2. The van der Waals surface area contributed by atoms with E-state index in [0.29, 0.717) is 17.8 Å². The number of nitriles is 1.